The normalized spacial score (nSPS) is 10.8. The van der Waals surface area contributed by atoms with Crippen LogP contribution < -0.4 is 0 Å². The standard InChI is InChI=1S/C23H47N3/c1-2-3-4-5-6-7-8-9-10-11-12-13-14-15-16-17-18-19-20-21-22-23-25-26-24/h2-23H2,1H3. The van der Waals surface area contributed by atoms with Crippen molar-refractivity contribution in [1.82, 2.24) is 0 Å². The third kappa shape index (κ3) is 23.3. The minimum Gasteiger partial charge on any atom is -0.0940 e. The van der Waals surface area contributed by atoms with Gasteiger partial charge in [0, 0.05) is 11.5 Å². The molecule has 3 heteroatoms. The molecule has 0 saturated carbocycles. The molecule has 0 fully saturated rings. The van der Waals surface area contributed by atoms with Gasteiger partial charge in [-0.05, 0) is 12.0 Å². The lowest BCUT2D eigenvalue weighted by Gasteiger charge is -2.04. The smallest absolute Gasteiger partial charge is 0.0257 e. The van der Waals surface area contributed by atoms with Gasteiger partial charge in [-0.2, -0.15) is 0 Å². The molecule has 0 aliphatic rings. The second kappa shape index (κ2) is 24.3. The van der Waals surface area contributed by atoms with Crippen molar-refractivity contribution in [3.8, 4) is 0 Å². The number of hydrogen-bond donors (Lipinski definition) is 0. The molecule has 0 atom stereocenters. The fraction of sp³-hybridized carbons (Fsp3) is 1.00. The van der Waals surface area contributed by atoms with E-state index in [1.807, 2.05) is 0 Å². The van der Waals surface area contributed by atoms with Crippen molar-refractivity contribution in [2.45, 2.75) is 142 Å². The first kappa shape index (κ1) is 25.3. The Hall–Kier alpha value is -0.690. The van der Waals surface area contributed by atoms with E-state index in [0.29, 0.717) is 6.54 Å². The van der Waals surface area contributed by atoms with E-state index in [0.717, 1.165) is 6.42 Å². The highest BCUT2D eigenvalue weighted by Gasteiger charge is 1.95. The van der Waals surface area contributed by atoms with Crippen molar-refractivity contribution >= 4 is 0 Å². The molecule has 3 nitrogen and oxygen atoms in total. The van der Waals surface area contributed by atoms with Gasteiger partial charge in [-0.15, -0.1) is 0 Å². The Morgan fingerprint density at radius 3 is 1.00 bits per heavy atom. The average Bonchev–Trinajstić information content (AvgIpc) is 2.66. The maximum Gasteiger partial charge on any atom is 0.0257 e. The van der Waals surface area contributed by atoms with Crippen LogP contribution in [0, 0.1) is 0 Å². The molecule has 0 rings (SSSR count). The number of unbranched alkanes of at least 4 members (excludes halogenated alkanes) is 20. The van der Waals surface area contributed by atoms with E-state index in [1.54, 1.807) is 0 Å². The van der Waals surface area contributed by atoms with Crippen molar-refractivity contribution in [3.63, 3.8) is 0 Å². The van der Waals surface area contributed by atoms with Crippen molar-refractivity contribution in [2.75, 3.05) is 6.54 Å². The molecule has 0 radical (unpaired) electrons. The van der Waals surface area contributed by atoms with E-state index in [9.17, 15) is 0 Å². The highest BCUT2D eigenvalue weighted by Crippen LogP contribution is 2.15. The molecular formula is C23H47N3. The average molecular weight is 366 g/mol. The first-order valence-electron chi connectivity index (χ1n) is 11.9. The molecule has 0 spiro atoms. The van der Waals surface area contributed by atoms with E-state index in [-0.39, 0.29) is 0 Å². The molecular weight excluding hydrogens is 318 g/mol. The summed E-state index contributed by atoms with van der Waals surface area (Å²) in [6.07, 6.45) is 29.5. The molecule has 0 unspecified atom stereocenters. The van der Waals surface area contributed by atoms with E-state index in [2.05, 4.69) is 16.9 Å². The van der Waals surface area contributed by atoms with E-state index in [4.69, 9.17) is 5.53 Å². The molecule has 0 amide bonds. The third-order valence-electron chi connectivity index (χ3n) is 5.42. The summed E-state index contributed by atoms with van der Waals surface area (Å²) in [6, 6.07) is 0. The van der Waals surface area contributed by atoms with Crippen molar-refractivity contribution in [1.29, 1.82) is 0 Å². The fourth-order valence-corrected chi connectivity index (χ4v) is 3.66. The Labute approximate surface area is 164 Å². The number of hydrogen-bond acceptors (Lipinski definition) is 1. The van der Waals surface area contributed by atoms with Crippen LogP contribution in [0.3, 0.4) is 0 Å². The van der Waals surface area contributed by atoms with Crippen molar-refractivity contribution < 1.29 is 0 Å². The van der Waals surface area contributed by atoms with Crippen LogP contribution >= 0.6 is 0 Å². The number of azide groups is 1. The van der Waals surface area contributed by atoms with Gasteiger partial charge in [0.2, 0.25) is 0 Å². The van der Waals surface area contributed by atoms with E-state index >= 15 is 0 Å². The van der Waals surface area contributed by atoms with Gasteiger partial charge in [-0.3, -0.25) is 0 Å². The van der Waals surface area contributed by atoms with Crippen LogP contribution in [0.1, 0.15) is 142 Å². The molecule has 0 aliphatic carbocycles. The minimum absolute atomic E-state index is 0.676. The minimum atomic E-state index is 0.676. The summed E-state index contributed by atoms with van der Waals surface area (Å²) in [5.41, 5.74) is 8.19. The molecule has 0 aliphatic heterocycles. The first-order chi connectivity index (χ1) is 12.9. The monoisotopic (exact) mass is 365 g/mol. The van der Waals surface area contributed by atoms with Gasteiger partial charge >= 0.3 is 0 Å². The van der Waals surface area contributed by atoms with E-state index in [1.165, 1.54) is 128 Å². The van der Waals surface area contributed by atoms with Crippen molar-refractivity contribution in [2.24, 2.45) is 5.11 Å². The summed E-state index contributed by atoms with van der Waals surface area (Å²) in [5.74, 6) is 0. The Balaban J connectivity index is 2.97. The predicted octanol–water partition coefficient (Wildman–Crippen LogP) is 9.51. The molecule has 0 aromatic heterocycles. The zero-order valence-corrected chi connectivity index (χ0v) is 17.9. The van der Waals surface area contributed by atoms with Crippen LogP contribution in [0.4, 0.5) is 0 Å². The Morgan fingerprint density at radius 2 is 0.731 bits per heavy atom. The summed E-state index contributed by atoms with van der Waals surface area (Å²) in [5, 5.41) is 3.57. The SMILES string of the molecule is CCCCCCCCCCCCCCCCCCCCCCCN=[N+]=[N-]. The van der Waals surface area contributed by atoms with Crippen LogP contribution in [-0.2, 0) is 0 Å². The Bertz CT molecular complexity index is 298. The van der Waals surface area contributed by atoms with Crippen LogP contribution in [-0.4, -0.2) is 6.54 Å². The summed E-state index contributed by atoms with van der Waals surface area (Å²) >= 11 is 0. The lowest BCUT2D eigenvalue weighted by Crippen LogP contribution is -1.85. The summed E-state index contributed by atoms with van der Waals surface area (Å²) in [4.78, 5) is 2.78. The topological polar surface area (TPSA) is 48.8 Å². The maximum absolute atomic E-state index is 8.19. The largest absolute Gasteiger partial charge is 0.0940 e. The molecule has 0 saturated heterocycles. The highest BCUT2D eigenvalue weighted by atomic mass is 15.1. The molecule has 0 heterocycles. The summed E-state index contributed by atoms with van der Waals surface area (Å²) in [7, 11) is 0. The Morgan fingerprint density at radius 1 is 0.462 bits per heavy atom. The number of nitrogens with zero attached hydrogens (tertiary/aromatic N) is 3. The molecule has 0 bridgehead atoms. The second-order valence-electron chi connectivity index (χ2n) is 8.03. The second-order valence-corrected chi connectivity index (χ2v) is 8.03. The van der Waals surface area contributed by atoms with Gasteiger partial charge in [0.25, 0.3) is 0 Å². The van der Waals surface area contributed by atoms with Gasteiger partial charge in [0.1, 0.15) is 0 Å². The number of rotatable bonds is 22. The summed E-state index contributed by atoms with van der Waals surface area (Å²) in [6.45, 7) is 2.97. The van der Waals surface area contributed by atoms with Crippen LogP contribution in [0.25, 0.3) is 10.4 Å². The third-order valence-corrected chi connectivity index (χ3v) is 5.42. The first-order valence-corrected chi connectivity index (χ1v) is 11.9. The van der Waals surface area contributed by atoms with Crippen LogP contribution in [0.15, 0.2) is 5.11 Å². The lowest BCUT2D eigenvalue weighted by atomic mass is 10.0. The van der Waals surface area contributed by atoms with Crippen LogP contribution in [0.5, 0.6) is 0 Å². The maximum atomic E-state index is 8.19. The van der Waals surface area contributed by atoms with Gasteiger partial charge in [0.15, 0.2) is 0 Å². The molecule has 0 aromatic rings. The predicted molar refractivity (Wildman–Crippen MR) is 117 cm³/mol. The zero-order chi connectivity index (χ0) is 19.0. The van der Waals surface area contributed by atoms with Crippen LogP contribution in [0.2, 0.25) is 0 Å². The van der Waals surface area contributed by atoms with Crippen molar-refractivity contribution in [3.05, 3.63) is 10.4 Å². The lowest BCUT2D eigenvalue weighted by molar-refractivity contribution is 0.520. The highest BCUT2D eigenvalue weighted by molar-refractivity contribution is 4.52. The van der Waals surface area contributed by atoms with Gasteiger partial charge in [-0.25, -0.2) is 0 Å². The fourth-order valence-electron chi connectivity index (χ4n) is 3.66. The quantitative estimate of drug-likeness (QED) is 0.0793. The Kier molecular flexibility index (Phi) is 23.7. The molecule has 154 valence electrons. The van der Waals surface area contributed by atoms with Gasteiger partial charge in [-0.1, -0.05) is 140 Å². The molecule has 0 N–H and O–H groups in total. The van der Waals surface area contributed by atoms with Gasteiger partial charge < -0.3 is 0 Å². The van der Waals surface area contributed by atoms with Gasteiger partial charge in [0.05, 0.1) is 0 Å². The van der Waals surface area contributed by atoms with E-state index < -0.39 is 0 Å². The molecule has 0 aromatic carbocycles. The molecule has 26 heavy (non-hydrogen) atoms. The summed E-state index contributed by atoms with van der Waals surface area (Å²) < 4.78 is 0. The zero-order valence-electron chi connectivity index (χ0n) is 17.9.